The van der Waals surface area contributed by atoms with Crippen molar-refractivity contribution in [1.29, 1.82) is 0 Å². The normalized spacial score (nSPS) is 18.1. The van der Waals surface area contributed by atoms with Crippen molar-refractivity contribution in [3.05, 3.63) is 47.5 Å². The average molecular weight is 444 g/mol. The first-order valence-electron chi connectivity index (χ1n) is 9.96. The molecule has 3 rings (SSSR count). The van der Waals surface area contributed by atoms with Crippen LogP contribution in [0.5, 0.6) is 0 Å². The molecule has 31 heavy (non-hydrogen) atoms. The van der Waals surface area contributed by atoms with Gasteiger partial charge < -0.3 is 22.1 Å². The molecule has 1 aromatic carbocycles. The van der Waals surface area contributed by atoms with E-state index in [2.05, 4.69) is 16.0 Å². The summed E-state index contributed by atoms with van der Waals surface area (Å²) in [4.78, 5) is 47.5. The van der Waals surface area contributed by atoms with Gasteiger partial charge >= 0.3 is 6.03 Å². The maximum atomic E-state index is 12.6. The number of thiophene rings is 1. The van der Waals surface area contributed by atoms with Crippen LogP contribution in [0, 0.1) is 5.92 Å². The second-order valence-corrected chi connectivity index (χ2v) is 8.53. The van der Waals surface area contributed by atoms with Crippen LogP contribution in [-0.4, -0.2) is 29.8 Å². The Morgan fingerprint density at radius 2 is 1.65 bits per heavy atom. The Morgan fingerprint density at radius 1 is 0.968 bits per heavy atom. The summed E-state index contributed by atoms with van der Waals surface area (Å²) >= 11 is 1.02. The molecule has 2 aromatic rings. The summed E-state index contributed by atoms with van der Waals surface area (Å²) < 4.78 is 0. The van der Waals surface area contributed by atoms with Crippen LogP contribution in [0.2, 0.25) is 0 Å². The van der Waals surface area contributed by atoms with Crippen LogP contribution in [0.3, 0.4) is 0 Å². The standard InChI is InChI=1S/C21H25N5O4S/c22-18(28)15-11-17(31-20(15)26-21(23)30)25-19(29)13-6-8-14(9-7-13)24-16(27)10-12-4-2-1-3-5-12/h1-5,11,13-14H,6-10H2,(H2,22,28)(H,24,27)(H,25,29)(H3,23,26,30). The molecule has 7 N–H and O–H groups in total. The number of nitrogens with two attached hydrogens (primary N) is 2. The molecule has 0 atom stereocenters. The quantitative estimate of drug-likeness (QED) is 0.444. The van der Waals surface area contributed by atoms with Gasteiger partial charge in [0.15, 0.2) is 0 Å². The monoisotopic (exact) mass is 443 g/mol. The second-order valence-electron chi connectivity index (χ2n) is 7.47. The average Bonchev–Trinajstić information content (AvgIpc) is 3.10. The molecule has 0 bridgehead atoms. The minimum absolute atomic E-state index is 0.0221. The van der Waals surface area contributed by atoms with Crippen molar-refractivity contribution in [2.45, 2.75) is 38.1 Å². The molecule has 0 spiro atoms. The molecule has 1 heterocycles. The molecule has 0 aliphatic heterocycles. The van der Waals surface area contributed by atoms with Gasteiger partial charge in [0.25, 0.3) is 5.91 Å². The Kier molecular flexibility index (Phi) is 7.24. The first-order valence-corrected chi connectivity index (χ1v) is 10.8. The minimum atomic E-state index is -0.824. The summed E-state index contributed by atoms with van der Waals surface area (Å²) in [5.41, 5.74) is 11.5. The summed E-state index contributed by atoms with van der Waals surface area (Å²) in [5, 5.41) is 8.76. The van der Waals surface area contributed by atoms with E-state index in [1.807, 2.05) is 30.3 Å². The minimum Gasteiger partial charge on any atom is -0.366 e. The van der Waals surface area contributed by atoms with E-state index < -0.39 is 11.9 Å². The van der Waals surface area contributed by atoms with Gasteiger partial charge in [-0.25, -0.2) is 4.79 Å². The van der Waals surface area contributed by atoms with Gasteiger partial charge in [-0.15, -0.1) is 0 Å². The molecule has 1 saturated carbocycles. The van der Waals surface area contributed by atoms with E-state index in [-0.39, 0.29) is 34.3 Å². The fourth-order valence-corrected chi connectivity index (χ4v) is 4.59. The number of benzene rings is 1. The SMILES string of the molecule is NC(=O)Nc1sc(NC(=O)C2CCC(NC(=O)Cc3ccccc3)CC2)cc1C(N)=O. The maximum absolute atomic E-state index is 12.6. The number of anilines is 2. The lowest BCUT2D eigenvalue weighted by molar-refractivity contribution is -0.122. The zero-order chi connectivity index (χ0) is 22.4. The van der Waals surface area contributed by atoms with E-state index in [1.165, 1.54) is 6.07 Å². The number of urea groups is 1. The van der Waals surface area contributed by atoms with E-state index >= 15 is 0 Å². The van der Waals surface area contributed by atoms with Crippen LogP contribution in [0.25, 0.3) is 0 Å². The third-order valence-electron chi connectivity index (χ3n) is 5.15. The molecule has 0 saturated heterocycles. The third kappa shape index (κ3) is 6.29. The van der Waals surface area contributed by atoms with Crippen molar-refractivity contribution in [3.63, 3.8) is 0 Å². The van der Waals surface area contributed by atoms with Gasteiger partial charge in [0, 0.05) is 12.0 Å². The highest BCUT2D eigenvalue weighted by molar-refractivity contribution is 7.20. The summed E-state index contributed by atoms with van der Waals surface area (Å²) in [6, 6.07) is 10.2. The zero-order valence-electron chi connectivity index (χ0n) is 16.9. The summed E-state index contributed by atoms with van der Waals surface area (Å²) in [6.07, 6.45) is 3.04. The second kappa shape index (κ2) is 10.1. The topological polar surface area (TPSA) is 156 Å². The van der Waals surface area contributed by atoms with Crippen LogP contribution in [0.1, 0.15) is 41.6 Å². The highest BCUT2D eigenvalue weighted by atomic mass is 32.1. The molecule has 164 valence electrons. The summed E-state index contributed by atoms with van der Waals surface area (Å²) in [5.74, 6) is -1.12. The predicted molar refractivity (Wildman–Crippen MR) is 119 cm³/mol. The van der Waals surface area contributed by atoms with E-state index in [0.717, 1.165) is 16.9 Å². The molecular weight excluding hydrogens is 418 g/mol. The number of hydrogen-bond donors (Lipinski definition) is 5. The Balaban J connectivity index is 1.49. The Hall–Kier alpha value is -3.40. The number of carbonyl (C=O) groups excluding carboxylic acids is 4. The van der Waals surface area contributed by atoms with Crippen LogP contribution >= 0.6 is 11.3 Å². The zero-order valence-corrected chi connectivity index (χ0v) is 17.7. The Labute approximate surface area is 183 Å². The van der Waals surface area contributed by atoms with E-state index in [1.54, 1.807) is 0 Å². The number of primary amides is 2. The third-order valence-corrected chi connectivity index (χ3v) is 6.12. The molecule has 1 aromatic heterocycles. The number of rotatable bonds is 7. The summed E-state index contributed by atoms with van der Waals surface area (Å²) in [7, 11) is 0. The van der Waals surface area contributed by atoms with Gasteiger partial charge in [-0.2, -0.15) is 0 Å². The highest BCUT2D eigenvalue weighted by Gasteiger charge is 2.28. The lowest BCUT2D eigenvalue weighted by Gasteiger charge is -2.28. The lowest BCUT2D eigenvalue weighted by Crippen LogP contribution is -2.40. The van der Waals surface area contributed by atoms with Crippen LogP contribution < -0.4 is 27.4 Å². The van der Waals surface area contributed by atoms with Crippen molar-refractivity contribution < 1.29 is 19.2 Å². The van der Waals surface area contributed by atoms with E-state index in [4.69, 9.17) is 11.5 Å². The van der Waals surface area contributed by atoms with Gasteiger partial charge in [-0.1, -0.05) is 41.7 Å². The van der Waals surface area contributed by atoms with E-state index in [9.17, 15) is 19.2 Å². The van der Waals surface area contributed by atoms with Crippen molar-refractivity contribution >= 4 is 45.1 Å². The molecule has 1 fully saturated rings. The smallest absolute Gasteiger partial charge is 0.317 e. The van der Waals surface area contributed by atoms with Crippen molar-refractivity contribution in [2.24, 2.45) is 17.4 Å². The fourth-order valence-electron chi connectivity index (χ4n) is 3.62. The molecule has 9 nitrogen and oxygen atoms in total. The molecule has 10 heteroatoms. The Bertz CT molecular complexity index is 967. The van der Waals surface area contributed by atoms with E-state index in [0.29, 0.717) is 37.1 Å². The molecule has 5 amide bonds. The van der Waals surface area contributed by atoms with Crippen LogP contribution in [-0.2, 0) is 16.0 Å². The van der Waals surface area contributed by atoms with Gasteiger partial charge in [-0.3, -0.25) is 19.7 Å². The number of carbonyl (C=O) groups is 4. The molecule has 0 unspecified atom stereocenters. The van der Waals surface area contributed by atoms with Crippen LogP contribution in [0.4, 0.5) is 14.8 Å². The first kappa shape index (κ1) is 22.3. The molecule has 1 aliphatic carbocycles. The molecule has 0 radical (unpaired) electrons. The lowest BCUT2D eigenvalue weighted by atomic mass is 9.85. The van der Waals surface area contributed by atoms with Crippen LogP contribution in [0.15, 0.2) is 36.4 Å². The number of nitrogens with one attached hydrogen (secondary N) is 3. The Morgan fingerprint density at radius 3 is 2.26 bits per heavy atom. The van der Waals surface area contributed by atoms with Gasteiger partial charge in [0.05, 0.1) is 17.0 Å². The fraction of sp³-hybridized carbons (Fsp3) is 0.333. The van der Waals surface area contributed by atoms with Crippen molar-refractivity contribution in [1.82, 2.24) is 5.32 Å². The van der Waals surface area contributed by atoms with Gasteiger partial charge in [0.2, 0.25) is 11.8 Å². The van der Waals surface area contributed by atoms with Crippen molar-refractivity contribution in [2.75, 3.05) is 10.6 Å². The van der Waals surface area contributed by atoms with Crippen molar-refractivity contribution in [3.8, 4) is 0 Å². The molecular formula is C21H25N5O4S. The maximum Gasteiger partial charge on any atom is 0.317 e. The van der Waals surface area contributed by atoms with Gasteiger partial charge in [-0.05, 0) is 37.3 Å². The molecule has 1 aliphatic rings. The largest absolute Gasteiger partial charge is 0.366 e. The predicted octanol–water partition coefficient (Wildman–Crippen LogP) is 2.19. The number of hydrogen-bond acceptors (Lipinski definition) is 5. The summed E-state index contributed by atoms with van der Waals surface area (Å²) in [6.45, 7) is 0. The first-order chi connectivity index (χ1) is 14.8. The number of amides is 5. The van der Waals surface area contributed by atoms with Gasteiger partial charge in [0.1, 0.15) is 5.00 Å². The highest BCUT2D eigenvalue weighted by Crippen LogP contribution is 2.33.